The van der Waals surface area contributed by atoms with Gasteiger partial charge in [0, 0.05) is 114 Å². The Labute approximate surface area is 414 Å². The second-order valence-corrected chi connectivity index (χ2v) is 18.4. The van der Waals surface area contributed by atoms with Gasteiger partial charge in [0.2, 0.25) is 0 Å². The standard InChI is InChI=1S/C27H30N4O4.C26H30N4O5S/c1-33-13-9-30-27(32)23(19-28)18-25-6-7-26(35-25)22-3-2-21-17-24(5-4-20(21)16-22)29-8-10-31-11-14-34-15-12-31;1-33-13-9-29-36(31,32)25(19-27)18-24-6-7-26(35-24)22-3-2-21-17-23(5-4-20(21)16-22)28-8-10-30-11-14-34-15-12-30/h2-7,16-18,29H,8-15H2,1H3,(H,30,32);2-7,16-18,28-29H,8-15H2,1H3/b23-18+;25-18+. The molecule has 4 aromatic carbocycles. The number of sulfonamides is 1. The van der Waals surface area contributed by atoms with E-state index in [-0.39, 0.29) is 24.5 Å². The predicted octanol–water partition coefficient (Wildman–Crippen LogP) is 6.79. The van der Waals surface area contributed by atoms with E-state index in [0.29, 0.717) is 30.4 Å². The molecule has 0 saturated carbocycles. The molecule has 18 heteroatoms. The SMILES string of the molecule is COCCNC(=O)/C(C#N)=C/c1ccc(-c2ccc3cc(NCCN4CCOCC4)ccc3c2)o1.COCCNS(=O)(=O)/C(C#N)=C/c1ccc(-c2ccc3cc(NCCN4CCOCC4)ccc3c2)o1. The number of carbonyl (C=O) groups is 1. The molecule has 0 atom stereocenters. The van der Waals surface area contributed by atoms with Crippen LogP contribution in [-0.2, 0) is 33.8 Å². The van der Waals surface area contributed by atoms with Gasteiger partial charge in [-0.25, -0.2) is 13.1 Å². The van der Waals surface area contributed by atoms with Gasteiger partial charge in [-0.15, -0.1) is 0 Å². The van der Waals surface area contributed by atoms with Crippen LogP contribution in [-0.4, -0.2) is 143 Å². The van der Waals surface area contributed by atoms with Gasteiger partial charge in [-0.3, -0.25) is 14.6 Å². The summed E-state index contributed by atoms with van der Waals surface area (Å²) in [6.07, 6.45) is 2.66. The number of methoxy groups -OCH3 is 2. The van der Waals surface area contributed by atoms with Crippen LogP contribution in [0.15, 0.2) is 116 Å². The molecule has 0 aliphatic carbocycles. The van der Waals surface area contributed by atoms with Crippen LogP contribution in [0.2, 0.25) is 0 Å². The van der Waals surface area contributed by atoms with E-state index in [9.17, 15) is 23.7 Å². The quantitative estimate of drug-likeness (QED) is 0.0332. The Morgan fingerprint density at radius 1 is 0.620 bits per heavy atom. The molecule has 71 heavy (non-hydrogen) atoms. The van der Waals surface area contributed by atoms with Gasteiger partial charge in [0.1, 0.15) is 40.8 Å². The van der Waals surface area contributed by atoms with Crippen LogP contribution in [0.5, 0.6) is 0 Å². The van der Waals surface area contributed by atoms with Crippen molar-refractivity contribution >= 4 is 61.0 Å². The van der Waals surface area contributed by atoms with Crippen LogP contribution in [0.4, 0.5) is 11.4 Å². The van der Waals surface area contributed by atoms with Crippen LogP contribution < -0.4 is 20.7 Å². The zero-order valence-electron chi connectivity index (χ0n) is 40.1. The van der Waals surface area contributed by atoms with Gasteiger partial charge in [0.15, 0.2) is 4.91 Å². The minimum Gasteiger partial charge on any atom is -0.457 e. The molecule has 6 aromatic rings. The van der Waals surface area contributed by atoms with Gasteiger partial charge in [-0.1, -0.05) is 36.4 Å². The number of morpholine rings is 2. The van der Waals surface area contributed by atoms with Gasteiger partial charge in [0.25, 0.3) is 15.9 Å². The molecule has 0 unspecified atom stereocenters. The van der Waals surface area contributed by atoms with E-state index >= 15 is 0 Å². The normalized spacial score (nSPS) is 14.9. The Hall–Kier alpha value is -6.84. The Bertz CT molecular complexity index is 2980. The van der Waals surface area contributed by atoms with Crippen LogP contribution in [0.1, 0.15) is 11.5 Å². The highest BCUT2D eigenvalue weighted by Gasteiger charge is 2.19. The van der Waals surface area contributed by atoms with Crippen LogP contribution in [0, 0.1) is 22.7 Å². The van der Waals surface area contributed by atoms with Crippen molar-refractivity contribution in [1.29, 1.82) is 10.5 Å². The van der Waals surface area contributed by atoms with Gasteiger partial charge < -0.3 is 43.7 Å². The average Bonchev–Trinajstić information content (AvgIpc) is 4.08. The monoisotopic (exact) mass is 984 g/mol. The van der Waals surface area contributed by atoms with Crippen molar-refractivity contribution in [1.82, 2.24) is 19.8 Å². The first kappa shape index (κ1) is 52.0. The molecule has 0 bridgehead atoms. The first-order valence-electron chi connectivity index (χ1n) is 23.5. The molecule has 2 aromatic heterocycles. The number of amides is 1. The zero-order chi connectivity index (χ0) is 49.8. The van der Waals surface area contributed by atoms with Crippen molar-refractivity contribution in [3.8, 4) is 34.8 Å². The summed E-state index contributed by atoms with van der Waals surface area (Å²) in [6.45, 7) is 11.9. The Morgan fingerprint density at radius 3 is 1.59 bits per heavy atom. The first-order valence-corrected chi connectivity index (χ1v) is 25.0. The van der Waals surface area contributed by atoms with Gasteiger partial charge >= 0.3 is 0 Å². The fourth-order valence-electron chi connectivity index (χ4n) is 7.86. The van der Waals surface area contributed by atoms with Crippen molar-refractivity contribution in [3.63, 3.8) is 0 Å². The van der Waals surface area contributed by atoms with Gasteiger partial charge in [0.05, 0.1) is 39.6 Å². The van der Waals surface area contributed by atoms with E-state index in [0.717, 1.165) is 123 Å². The predicted molar refractivity (Wildman–Crippen MR) is 276 cm³/mol. The number of anilines is 2. The minimum atomic E-state index is -3.95. The highest BCUT2D eigenvalue weighted by Crippen LogP contribution is 2.30. The van der Waals surface area contributed by atoms with E-state index in [2.05, 4.69) is 79.0 Å². The zero-order valence-corrected chi connectivity index (χ0v) is 40.9. The second-order valence-electron chi connectivity index (χ2n) is 16.6. The number of hydrogen-bond donors (Lipinski definition) is 4. The van der Waals surface area contributed by atoms with E-state index in [1.807, 2.05) is 36.4 Å². The maximum Gasteiger partial charge on any atom is 0.262 e. The maximum absolute atomic E-state index is 12.3. The number of nitrogens with one attached hydrogen (secondary N) is 4. The summed E-state index contributed by atoms with van der Waals surface area (Å²) in [5.74, 6) is 1.51. The lowest BCUT2D eigenvalue weighted by molar-refractivity contribution is -0.117. The minimum absolute atomic E-state index is 0.0193. The summed E-state index contributed by atoms with van der Waals surface area (Å²) in [4.78, 5) is 16.5. The number of carbonyl (C=O) groups excluding carboxylic acids is 1. The highest BCUT2D eigenvalue weighted by molar-refractivity contribution is 7.93. The van der Waals surface area contributed by atoms with Gasteiger partial charge in [-0.05, 0) is 82.2 Å². The Kier molecular flexibility index (Phi) is 19.3. The lowest BCUT2D eigenvalue weighted by atomic mass is 10.0. The summed E-state index contributed by atoms with van der Waals surface area (Å²) < 4.78 is 59.3. The summed E-state index contributed by atoms with van der Waals surface area (Å²) in [7, 11) is -0.931. The number of ether oxygens (including phenoxy) is 4. The summed E-state index contributed by atoms with van der Waals surface area (Å²) >= 11 is 0. The number of furan rings is 2. The van der Waals surface area contributed by atoms with E-state index in [1.165, 1.54) is 19.3 Å². The molecule has 0 spiro atoms. The van der Waals surface area contributed by atoms with Crippen LogP contribution in [0.25, 0.3) is 56.3 Å². The van der Waals surface area contributed by atoms with E-state index < -0.39 is 20.8 Å². The molecular weight excluding hydrogens is 925 g/mol. The van der Waals surface area contributed by atoms with E-state index in [4.69, 9.17) is 27.8 Å². The van der Waals surface area contributed by atoms with Crippen molar-refractivity contribution in [2.24, 2.45) is 0 Å². The molecule has 2 saturated heterocycles. The first-order chi connectivity index (χ1) is 34.6. The smallest absolute Gasteiger partial charge is 0.262 e. The number of nitriles is 2. The fraction of sp³-hybridized carbons (Fsp3) is 0.340. The highest BCUT2D eigenvalue weighted by atomic mass is 32.2. The molecule has 0 radical (unpaired) electrons. The molecule has 4 N–H and O–H groups in total. The third-order valence-corrected chi connectivity index (χ3v) is 13.1. The number of allylic oxidation sites excluding steroid dienone is 1. The largest absolute Gasteiger partial charge is 0.457 e. The lowest BCUT2D eigenvalue weighted by Crippen LogP contribution is -2.38. The molecule has 2 fully saturated rings. The van der Waals surface area contributed by atoms with Crippen LogP contribution >= 0.6 is 0 Å². The summed E-state index contributed by atoms with van der Waals surface area (Å²) in [5.41, 5.74) is 3.92. The van der Waals surface area contributed by atoms with Crippen molar-refractivity contribution in [3.05, 3.63) is 119 Å². The van der Waals surface area contributed by atoms with Crippen molar-refractivity contribution in [2.75, 3.05) is 130 Å². The summed E-state index contributed by atoms with van der Waals surface area (Å²) in [5, 5.41) is 32.7. The number of fused-ring (bicyclic) bond motifs is 2. The molecular formula is C53H60N8O9S. The molecule has 2 aliphatic rings. The fourth-order valence-corrected chi connectivity index (χ4v) is 8.76. The number of nitrogens with zero attached hydrogens (tertiary/aromatic N) is 4. The molecule has 372 valence electrons. The molecule has 8 rings (SSSR count). The number of hydrogen-bond acceptors (Lipinski definition) is 15. The molecule has 2 aliphatic heterocycles. The van der Waals surface area contributed by atoms with Crippen LogP contribution in [0.3, 0.4) is 0 Å². The average molecular weight is 985 g/mol. The number of rotatable bonds is 21. The van der Waals surface area contributed by atoms with Crippen molar-refractivity contribution in [2.45, 2.75) is 0 Å². The lowest BCUT2D eigenvalue weighted by Gasteiger charge is -2.26. The topological polar surface area (TPSA) is 217 Å². The third-order valence-electron chi connectivity index (χ3n) is 11.7. The van der Waals surface area contributed by atoms with Crippen molar-refractivity contribution < 1.29 is 41.0 Å². The molecule has 1 amide bonds. The van der Waals surface area contributed by atoms with Gasteiger partial charge in [-0.2, -0.15) is 10.5 Å². The molecule has 17 nitrogen and oxygen atoms in total. The second kappa shape index (κ2) is 26.4. The number of benzene rings is 4. The summed E-state index contributed by atoms with van der Waals surface area (Å²) in [6, 6.07) is 35.4. The Morgan fingerprint density at radius 2 is 1.10 bits per heavy atom. The Balaban J connectivity index is 0.000000209. The molecule has 4 heterocycles. The third kappa shape index (κ3) is 15.3. The maximum atomic E-state index is 12.3. The van der Waals surface area contributed by atoms with E-state index in [1.54, 1.807) is 31.4 Å².